The second-order valence-corrected chi connectivity index (χ2v) is 7.13. The van der Waals surface area contributed by atoms with Gasteiger partial charge in [-0.05, 0) is 13.3 Å². The van der Waals surface area contributed by atoms with Gasteiger partial charge in [0.05, 0.1) is 30.4 Å². The number of anilines is 2. The van der Waals surface area contributed by atoms with Crippen LogP contribution in [0.5, 0.6) is 0 Å². The van der Waals surface area contributed by atoms with Crippen molar-refractivity contribution in [3.05, 3.63) is 48.1 Å². The van der Waals surface area contributed by atoms with Gasteiger partial charge in [-0.1, -0.05) is 0 Å². The molecule has 1 atom stereocenters. The minimum Gasteiger partial charge on any atom is -0.449 e. The molecule has 30 heavy (non-hydrogen) atoms. The molecule has 11 heteroatoms. The molecule has 10 nitrogen and oxygen atoms in total. The van der Waals surface area contributed by atoms with Gasteiger partial charge in [0, 0.05) is 37.5 Å². The second kappa shape index (κ2) is 7.93. The van der Waals surface area contributed by atoms with Gasteiger partial charge in [0.15, 0.2) is 11.5 Å². The Hall–Kier alpha value is -3.76. The Morgan fingerprint density at radius 2 is 2.17 bits per heavy atom. The third-order valence-corrected chi connectivity index (χ3v) is 4.83. The van der Waals surface area contributed by atoms with Crippen molar-refractivity contribution >= 4 is 29.2 Å². The zero-order chi connectivity index (χ0) is 21.3. The Labute approximate surface area is 170 Å². The summed E-state index contributed by atoms with van der Waals surface area (Å²) < 4.78 is 20.5. The normalized spacial score (nSPS) is 16.1. The van der Waals surface area contributed by atoms with Crippen molar-refractivity contribution in [3.63, 3.8) is 0 Å². The number of ether oxygens (including phenoxy) is 1. The van der Waals surface area contributed by atoms with Crippen LogP contribution in [0.25, 0.3) is 5.65 Å². The maximum atomic E-state index is 14.2. The lowest BCUT2D eigenvalue weighted by atomic mass is 10.1. The van der Waals surface area contributed by atoms with Crippen LogP contribution in [0.2, 0.25) is 0 Å². The third kappa shape index (κ3) is 4.14. The lowest BCUT2D eigenvalue weighted by Crippen LogP contribution is -2.24. The highest BCUT2D eigenvalue weighted by molar-refractivity contribution is 6.02. The number of aromatic nitrogens is 4. The first-order valence-electron chi connectivity index (χ1n) is 9.34. The van der Waals surface area contributed by atoms with Crippen molar-refractivity contribution in [3.8, 4) is 0 Å². The molecular weight excluding hydrogens is 393 g/mol. The van der Waals surface area contributed by atoms with Crippen LogP contribution >= 0.6 is 0 Å². The van der Waals surface area contributed by atoms with Gasteiger partial charge in [0.25, 0.3) is 5.91 Å². The van der Waals surface area contributed by atoms with Crippen LogP contribution in [0.15, 0.2) is 30.9 Å². The number of carbonyl (C=O) groups is 2. The molecule has 156 valence electrons. The predicted molar refractivity (Wildman–Crippen MR) is 106 cm³/mol. The van der Waals surface area contributed by atoms with E-state index in [4.69, 9.17) is 10.5 Å². The average molecular weight is 413 g/mol. The number of halogens is 1. The molecule has 4 rings (SSSR count). The van der Waals surface area contributed by atoms with E-state index in [9.17, 15) is 14.0 Å². The van der Waals surface area contributed by atoms with E-state index in [1.165, 1.54) is 22.9 Å². The SMILES string of the molecule is Cc1cn2cc(NC(=O)c3cnc(N4CCC(COC(N)=O)C4)cn3)cc(F)c2n1. The minimum atomic E-state index is -0.786. The largest absolute Gasteiger partial charge is 0.449 e. The molecule has 0 bridgehead atoms. The summed E-state index contributed by atoms with van der Waals surface area (Å²) in [5.41, 5.74) is 6.25. The van der Waals surface area contributed by atoms with Crippen LogP contribution in [0.4, 0.5) is 20.7 Å². The van der Waals surface area contributed by atoms with E-state index in [0.717, 1.165) is 13.0 Å². The van der Waals surface area contributed by atoms with Crippen LogP contribution < -0.4 is 16.0 Å². The van der Waals surface area contributed by atoms with E-state index in [2.05, 4.69) is 20.3 Å². The van der Waals surface area contributed by atoms with E-state index in [1.807, 2.05) is 4.90 Å². The van der Waals surface area contributed by atoms with Crippen LogP contribution in [-0.4, -0.2) is 51.0 Å². The number of pyridine rings is 1. The maximum absolute atomic E-state index is 14.2. The Bertz CT molecular complexity index is 1100. The molecule has 3 aromatic rings. The lowest BCUT2D eigenvalue weighted by molar-refractivity contribution is 0.102. The number of aryl methyl sites for hydroxylation is 1. The van der Waals surface area contributed by atoms with Crippen LogP contribution in [0.3, 0.4) is 0 Å². The van der Waals surface area contributed by atoms with Crippen molar-refractivity contribution in [2.75, 3.05) is 29.9 Å². The quantitative estimate of drug-likeness (QED) is 0.652. The molecule has 1 aliphatic heterocycles. The Morgan fingerprint density at radius 1 is 1.33 bits per heavy atom. The summed E-state index contributed by atoms with van der Waals surface area (Å²) >= 11 is 0. The topological polar surface area (TPSA) is 128 Å². The highest BCUT2D eigenvalue weighted by atomic mass is 19.1. The Morgan fingerprint density at radius 3 is 2.90 bits per heavy atom. The summed E-state index contributed by atoms with van der Waals surface area (Å²) in [4.78, 5) is 37.7. The summed E-state index contributed by atoms with van der Waals surface area (Å²) in [6, 6.07) is 1.21. The first kappa shape index (κ1) is 19.6. The number of primary amides is 1. The summed E-state index contributed by atoms with van der Waals surface area (Å²) in [5, 5.41) is 2.62. The lowest BCUT2D eigenvalue weighted by Gasteiger charge is -2.17. The van der Waals surface area contributed by atoms with Crippen molar-refractivity contribution in [1.29, 1.82) is 0 Å². The fourth-order valence-electron chi connectivity index (χ4n) is 3.42. The van der Waals surface area contributed by atoms with E-state index in [-0.39, 0.29) is 29.6 Å². The van der Waals surface area contributed by atoms with Crippen molar-refractivity contribution < 1.29 is 18.7 Å². The highest BCUT2D eigenvalue weighted by Crippen LogP contribution is 2.22. The number of imidazole rings is 1. The fourth-order valence-corrected chi connectivity index (χ4v) is 3.42. The van der Waals surface area contributed by atoms with Crippen LogP contribution in [0, 0.1) is 18.7 Å². The second-order valence-electron chi connectivity index (χ2n) is 7.13. The van der Waals surface area contributed by atoms with Crippen molar-refractivity contribution in [2.24, 2.45) is 11.7 Å². The molecule has 1 fully saturated rings. The smallest absolute Gasteiger partial charge is 0.404 e. The molecule has 1 unspecified atom stereocenters. The van der Waals surface area contributed by atoms with E-state index >= 15 is 0 Å². The number of nitrogens with one attached hydrogen (secondary N) is 1. The van der Waals surface area contributed by atoms with Crippen LogP contribution in [-0.2, 0) is 4.74 Å². The first-order valence-corrected chi connectivity index (χ1v) is 9.34. The minimum absolute atomic E-state index is 0.105. The zero-order valence-corrected chi connectivity index (χ0v) is 16.2. The molecule has 1 saturated heterocycles. The van der Waals surface area contributed by atoms with Crippen molar-refractivity contribution in [1.82, 2.24) is 19.4 Å². The number of hydrogen-bond acceptors (Lipinski definition) is 7. The number of fused-ring (bicyclic) bond motifs is 1. The first-order chi connectivity index (χ1) is 14.4. The molecule has 3 aromatic heterocycles. The Kier molecular flexibility index (Phi) is 5.17. The maximum Gasteiger partial charge on any atom is 0.404 e. The monoisotopic (exact) mass is 413 g/mol. The molecule has 1 aliphatic rings. The highest BCUT2D eigenvalue weighted by Gasteiger charge is 2.25. The zero-order valence-electron chi connectivity index (χ0n) is 16.2. The summed E-state index contributed by atoms with van der Waals surface area (Å²) in [6.45, 7) is 3.40. The van der Waals surface area contributed by atoms with Gasteiger partial charge in [-0.3, -0.25) is 4.79 Å². The Balaban J connectivity index is 1.40. The summed E-state index contributed by atoms with van der Waals surface area (Å²) in [5.74, 6) is -0.251. The van der Waals surface area contributed by atoms with Gasteiger partial charge in [-0.15, -0.1) is 0 Å². The van der Waals surface area contributed by atoms with E-state index in [0.29, 0.717) is 18.1 Å². The number of carbonyl (C=O) groups excluding carboxylic acids is 2. The summed E-state index contributed by atoms with van der Waals surface area (Å²) in [6.07, 6.45) is 6.17. The van der Waals surface area contributed by atoms with Gasteiger partial charge in [-0.2, -0.15) is 0 Å². The molecule has 0 saturated carbocycles. The van der Waals surface area contributed by atoms with Gasteiger partial charge in [0.1, 0.15) is 11.5 Å². The molecule has 0 radical (unpaired) electrons. The number of rotatable bonds is 5. The molecule has 4 heterocycles. The van der Waals surface area contributed by atoms with Crippen molar-refractivity contribution in [2.45, 2.75) is 13.3 Å². The number of amides is 2. The fraction of sp³-hybridized carbons (Fsp3) is 0.316. The molecule has 0 aliphatic carbocycles. The summed E-state index contributed by atoms with van der Waals surface area (Å²) in [7, 11) is 0. The molecule has 0 aromatic carbocycles. The van der Waals surface area contributed by atoms with E-state index in [1.54, 1.807) is 19.3 Å². The predicted octanol–water partition coefficient (Wildman–Crippen LogP) is 1.75. The van der Waals surface area contributed by atoms with Gasteiger partial charge < -0.3 is 25.1 Å². The molecule has 3 N–H and O–H groups in total. The average Bonchev–Trinajstić information content (AvgIpc) is 3.33. The van der Waals surface area contributed by atoms with Crippen LogP contribution in [0.1, 0.15) is 22.6 Å². The van der Waals surface area contributed by atoms with Gasteiger partial charge in [-0.25, -0.2) is 24.1 Å². The molecule has 2 amide bonds. The standard InChI is InChI=1S/C19H20FN7O3/c1-11-7-27-9-13(4-14(20)17(27)24-11)25-18(28)15-5-23-16(6-22-15)26-3-2-12(8-26)10-30-19(21)29/h4-7,9,12H,2-3,8,10H2,1H3,(H2,21,29)(H,25,28). The van der Waals surface area contributed by atoms with Gasteiger partial charge in [0.2, 0.25) is 0 Å². The molecular formula is C19H20FN7O3. The van der Waals surface area contributed by atoms with Gasteiger partial charge >= 0.3 is 6.09 Å². The number of nitrogens with two attached hydrogens (primary N) is 1. The number of nitrogens with zero attached hydrogens (tertiary/aromatic N) is 5. The molecule has 0 spiro atoms. The van der Waals surface area contributed by atoms with E-state index < -0.39 is 17.8 Å². The number of hydrogen-bond donors (Lipinski definition) is 2. The third-order valence-electron chi connectivity index (χ3n) is 4.83.